The van der Waals surface area contributed by atoms with Gasteiger partial charge in [-0.1, -0.05) is 41.5 Å². The van der Waals surface area contributed by atoms with Crippen molar-refractivity contribution >= 4 is 34.9 Å². The molecule has 0 spiro atoms. The predicted molar refractivity (Wildman–Crippen MR) is 102 cm³/mol. The van der Waals surface area contributed by atoms with Gasteiger partial charge in [-0.3, -0.25) is 0 Å². The molecule has 5 heteroatoms. The lowest BCUT2D eigenvalue weighted by Gasteiger charge is -2.13. The van der Waals surface area contributed by atoms with E-state index in [1.54, 1.807) is 18.2 Å². The minimum Gasteiger partial charge on any atom is -0.489 e. The summed E-state index contributed by atoms with van der Waals surface area (Å²) in [7, 11) is 0. The average Bonchev–Trinajstić information content (AvgIpc) is 2.55. The lowest BCUT2D eigenvalue weighted by Crippen LogP contribution is -2.10. The monoisotopic (exact) mass is 356 g/mol. The Bertz CT molecular complexity index is 836. The highest BCUT2D eigenvalue weighted by Crippen LogP contribution is 2.22. The van der Waals surface area contributed by atoms with Gasteiger partial charge >= 0.3 is 0 Å². The highest BCUT2D eigenvalue weighted by Gasteiger charge is 2.08. The summed E-state index contributed by atoms with van der Waals surface area (Å²) < 4.78 is 5.82. The molecule has 2 aromatic carbocycles. The molecular formula is C19H17ClN2OS. The minimum absolute atomic E-state index is 0.0948. The topological polar surface area (TPSA) is 59.0 Å². The molecule has 0 fully saturated rings. The van der Waals surface area contributed by atoms with Gasteiger partial charge in [-0.25, -0.2) is 0 Å². The summed E-state index contributed by atoms with van der Waals surface area (Å²) in [6.07, 6.45) is 1.72. The van der Waals surface area contributed by atoms with Crippen LogP contribution in [0.25, 0.3) is 6.08 Å². The van der Waals surface area contributed by atoms with E-state index >= 15 is 0 Å². The number of halogens is 1. The van der Waals surface area contributed by atoms with E-state index in [1.165, 1.54) is 0 Å². The molecule has 0 unspecified atom stereocenters. The van der Waals surface area contributed by atoms with Crippen LogP contribution < -0.4 is 10.5 Å². The molecule has 2 rings (SSSR count). The van der Waals surface area contributed by atoms with Crippen LogP contribution in [-0.4, -0.2) is 4.99 Å². The summed E-state index contributed by atoms with van der Waals surface area (Å²) in [5, 5.41) is 9.81. The number of rotatable bonds is 5. The van der Waals surface area contributed by atoms with Crippen molar-refractivity contribution in [2.45, 2.75) is 20.5 Å². The first kappa shape index (κ1) is 18.0. The van der Waals surface area contributed by atoms with Gasteiger partial charge in [-0.15, -0.1) is 0 Å². The van der Waals surface area contributed by atoms with Crippen LogP contribution in [0.1, 0.15) is 22.3 Å². The molecule has 0 saturated heterocycles. The molecule has 0 aliphatic carbocycles. The molecule has 0 atom stereocenters. The Labute approximate surface area is 152 Å². The first-order chi connectivity index (χ1) is 11.4. The van der Waals surface area contributed by atoms with Crippen LogP contribution in [0, 0.1) is 25.2 Å². The van der Waals surface area contributed by atoms with E-state index in [4.69, 9.17) is 39.6 Å². The van der Waals surface area contributed by atoms with Crippen molar-refractivity contribution in [3.05, 3.63) is 69.2 Å². The molecule has 0 saturated carbocycles. The van der Waals surface area contributed by atoms with Crippen molar-refractivity contribution in [3.63, 3.8) is 0 Å². The number of benzene rings is 2. The average molecular weight is 357 g/mol. The van der Waals surface area contributed by atoms with Crippen LogP contribution in [0.2, 0.25) is 5.02 Å². The fourth-order valence-corrected chi connectivity index (χ4v) is 2.50. The maximum atomic E-state index is 9.14. The van der Waals surface area contributed by atoms with Crippen LogP contribution in [0.4, 0.5) is 0 Å². The highest BCUT2D eigenvalue weighted by molar-refractivity contribution is 7.80. The zero-order valence-corrected chi connectivity index (χ0v) is 15.0. The SMILES string of the molecule is Cc1cc(C=C(C#N)C(N)=S)c(C)c(COc2ccc(Cl)cc2)c1. The van der Waals surface area contributed by atoms with Gasteiger partial charge in [0.2, 0.25) is 0 Å². The zero-order chi connectivity index (χ0) is 17.7. The molecular weight excluding hydrogens is 340 g/mol. The summed E-state index contributed by atoms with van der Waals surface area (Å²) >= 11 is 10.8. The normalized spacial score (nSPS) is 11.0. The molecule has 0 radical (unpaired) electrons. The molecule has 0 amide bonds. The van der Waals surface area contributed by atoms with E-state index in [-0.39, 0.29) is 4.99 Å². The van der Waals surface area contributed by atoms with Gasteiger partial charge in [0, 0.05) is 5.02 Å². The van der Waals surface area contributed by atoms with Crippen molar-refractivity contribution in [2.75, 3.05) is 0 Å². The number of thiocarbonyl (C=S) groups is 1. The Morgan fingerprint density at radius 2 is 1.96 bits per heavy atom. The fraction of sp³-hybridized carbons (Fsp3) is 0.158. The van der Waals surface area contributed by atoms with Gasteiger partial charge in [0.15, 0.2) is 0 Å². The Morgan fingerprint density at radius 1 is 1.29 bits per heavy atom. The van der Waals surface area contributed by atoms with E-state index in [0.29, 0.717) is 17.2 Å². The molecule has 122 valence electrons. The van der Waals surface area contributed by atoms with Gasteiger partial charge < -0.3 is 10.5 Å². The summed E-state index contributed by atoms with van der Waals surface area (Å²) in [6.45, 7) is 4.40. The molecule has 2 aromatic rings. The Morgan fingerprint density at radius 3 is 2.54 bits per heavy atom. The largest absolute Gasteiger partial charge is 0.489 e. The minimum atomic E-state index is 0.0948. The molecule has 0 bridgehead atoms. The zero-order valence-electron chi connectivity index (χ0n) is 13.5. The maximum absolute atomic E-state index is 9.14. The van der Waals surface area contributed by atoms with E-state index < -0.39 is 0 Å². The van der Waals surface area contributed by atoms with Gasteiger partial charge in [0.05, 0.1) is 5.57 Å². The van der Waals surface area contributed by atoms with Crippen LogP contribution >= 0.6 is 23.8 Å². The number of nitrogens with zero attached hydrogens (tertiary/aromatic N) is 1. The Kier molecular flexibility index (Phi) is 5.97. The third-order valence-electron chi connectivity index (χ3n) is 3.59. The molecule has 0 aliphatic rings. The third kappa shape index (κ3) is 4.58. The second kappa shape index (κ2) is 7.96. The van der Waals surface area contributed by atoms with Crippen molar-refractivity contribution in [3.8, 4) is 11.8 Å². The maximum Gasteiger partial charge on any atom is 0.119 e. The standard InChI is InChI=1S/C19H17ClN2OS/c1-12-7-14(9-15(10-21)19(22)24)13(2)16(8-12)11-23-18-5-3-17(20)4-6-18/h3-9H,11H2,1-2H3,(H2,22,24). The fourth-order valence-electron chi connectivity index (χ4n) is 2.27. The van der Waals surface area contributed by atoms with E-state index in [0.717, 1.165) is 28.0 Å². The third-order valence-corrected chi connectivity index (χ3v) is 4.07. The van der Waals surface area contributed by atoms with Crippen LogP contribution in [-0.2, 0) is 6.61 Å². The summed E-state index contributed by atoms with van der Waals surface area (Å²) in [5.74, 6) is 0.748. The van der Waals surface area contributed by atoms with Crippen molar-refractivity contribution in [1.29, 1.82) is 5.26 Å². The molecule has 0 aliphatic heterocycles. The number of nitriles is 1. The number of hydrogen-bond donors (Lipinski definition) is 1. The Balaban J connectivity index is 2.30. The lowest BCUT2D eigenvalue weighted by atomic mass is 9.98. The molecule has 3 nitrogen and oxygen atoms in total. The summed E-state index contributed by atoms with van der Waals surface area (Å²) in [5.41, 5.74) is 9.92. The summed E-state index contributed by atoms with van der Waals surface area (Å²) in [6, 6.07) is 13.3. The molecule has 0 heterocycles. The van der Waals surface area contributed by atoms with Crippen LogP contribution in [0.15, 0.2) is 42.0 Å². The van der Waals surface area contributed by atoms with Crippen LogP contribution in [0.3, 0.4) is 0 Å². The molecule has 0 aromatic heterocycles. The van der Waals surface area contributed by atoms with Gasteiger partial charge in [0.25, 0.3) is 0 Å². The molecule has 2 N–H and O–H groups in total. The van der Waals surface area contributed by atoms with E-state index in [1.807, 2.05) is 38.1 Å². The number of hydrogen-bond acceptors (Lipinski definition) is 3. The summed E-state index contributed by atoms with van der Waals surface area (Å²) in [4.78, 5) is 0.0948. The van der Waals surface area contributed by atoms with Crippen molar-refractivity contribution < 1.29 is 4.74 Å². The van der Waals surface area contributed by atoms with Gasteiger partial charge in [0.1, 0.15) is 23.4 Å². The number of nitrogens with two attached hydrogens (primary N) is 1. The van der Waals surface area contributed by atoms with E-state index in [2.05, 4.69) is 6.07 Å². The van der Waals surface area contributed by atoms with E-state index in [9.17, 15) is 0 Å². The first-order valence-corrected chi connectivity index (χ1v) is 8.09. The predicted octanol–water partition coefficient (Wildman–Crippen LogP) is 4.73. The van der Waals surface area contributed by atoms with Crippen molar-refractivity contribution in [2.24, 2.45) is 5.73 Å². The smallest absolute Gasteiger partial charge is 0.119 e. The highest BCUT2D eigenvalue weighted by atomic mass is 35.5. The Hall–Kier alpha value is -2.35. The number of aryl methyl sites for hydroxylation is 1. The first-order valence-electron chi connectivity index (χ1n) is 7.31. The van der Waals surface area contributed by atoms with Gasteiger partial charge in [-0.2, -0.15) is 5.26 Å². The quantitative estimate of drug-likeness (QED) is 0.478. The second-order valence-corrected chi connectivity index (χ2v) is 6.29. The lowest BCUT2D eigenvalue weighted by molar-refractivity contribution is 0.305. The number of ether oxygens (including phenoxy) is 1. The second-order valence-electron chi connectivity index (χ2n) is 5.41. The van der Waals surface area contributed by atoms with Crippen molar-refractivity contribution in [1.82, 2.24) is 0 Å². The van der Waals surface area contributed by atoms with Gasteiger partial charge in [-0.05, 0) is 60.9 Å². The molecule has 24 heavy (non-hydrogen) atoms. The van der Waals surface area contributed by atoms with Crippen LogP contribution in [0.5, 0.6) is 5.75 Å².